The smallest absolute Gasteiger partial charge is 0.322 e. The molecule has 2 saturated heterocycles. The molecule has 2 heterocycles. The molecule has 7 nitrogen and oxygen atoms in total. The largest absolute Gasteiger partial charge is 0.365 e. The van der Waals surface area contributed by atoms with E-state index in [1.165, 1.54) is 5.69 Å². The monoisotopic (exact) mass is 344 g/mol. The van der Waals surface area contributed by atoms with Gasteiger partial charge in [-0.2, -0.15) is 0 Å². The van der Waals surface area contributed by atoms with E-state index in [0.717, 1.165) is 6.54 Å². The van der Waals surface area contributed by atoms with Crippen molar-refractivity contribution in [1.29, 1.82) is 0 Å². The molecule has 2 aliphatic heterocycles. The van der Waals surface area contributed by atoms with Gasteiger partial charge in [0.05, 0.1) is 0 Å². The van der Waals surface area contributed by atoms with E-state index in [-0.39, 0.29) is 24.3 Å². The van der Waals surface area contributed by atoms with E-state index < -0.39 is 11.6 Å². The SMILES string of the molecule is CC1CN(C(=O)CCC2(C)NC(=O)NC2=O)CCN1c1ccccc1. The maximum atomic E-state index is 12.5. The average molecular weight is 344 g/mol. The number of hydrogen-bond donors (Lipinski definition) is 2. The minimum Gasteiger partial charge on any atom is -0.365 e. The zero-order valence-corrected chi connectivity index (χ0v) is 14.6. The van der Waals surface area contributed by atoms with E-state index >= 15 is 0 Å². The Balaban J connectivity index is 1.54. The number of carbonyl (C=O) groups excluding carboxylic acids is 3. The van der Waals surface area contributed by atoms with Crippen LogP contribution < -0.4 is 15.5 Å². The molecule has 0 bridgehead atoms. The molecule has 0 spiro atoms. The average Bonchev–Trinajstić information content (AvgIpc) is 2.85. The number of nitrogens with zero attached hydrogens (tertiary/aromatic N) is 2. The lowest BCUT2D eigenvalue weighted by atomic mass is 9.95. The molecule has 4 amide bonds. The third kappa shape index (κ3) is 3.60. The highest BCUT2D eigenvalue weighted by molar-refractivity contribution is 6.06. The van der Waals surface area contributed by atoms with Crippen LogP contribution in [-0.4, -0.2) is 54.0 Å². The minimum atomic E-state index is -0.996. The molecule has 2 unspecified atom stereocenters. The maximum Gasteiger partial charge on any atom is 0.322 e. The van der Waals surface area contributed by atoms with Crippen molar-refractivity contribution < 1.29 is 14.4 Å². The Bertz CT molecular complexity index is 678. The summed E-state index contributed by atoms with van der Waals surface area (Å²) in [6.45, 7) is 5.86. The molecule has 1 aromatic rings. The lowest BCUT2D eigenvalue weighted by Gasteiger charge is -2.41. The van der Waals surface area contributed by atoms with Gasteiger partial charge in [-0.1, -0.05) is 18.2 Å². The van der Waals surface area contributed by atoms with Crippen LogP contribution in [0.2, 0.25) is 0 Å². The van der Waals surface area contributed by atoms with Gasteiger partial charge in [-0.25, -0.2) is 4.79 Å². The van der Waals surface area contributed by atoms with E-state index in [1.54, 1.807) is 6.92 Å². The van der Waals surface area contributed by atoms with E-state index in [4.69, 9.17) is 0 Å². The molecule has 1 aromatic carbocycles. The fourth-order valence-corrected chi connectivity index (χ4v) is 3.46. The second kappa shape index (κ2) is 6.74. The Morgan fingerprint density at radius 2 is 1.96 bits per heavy atom. The second-order valence-corrected chi connectivity index (χ2v) is 6.96. The molecular weight excluding hydrogens is 320 g/mol. The van der Waals surface area contributed by atoms with Crippen LogP contribution in [0.5, 0.6) is 0 Å². The summed E-state index contributed by atoms with van der Waals surface area (Å²) < 4.78 is 0. The van der Waals surface area contributed by atoms with Crippen molar-refractivity contribution >= 4 is 23.5 Å². The summed E-state index contributed by atoms with van der Waals surface area (Å²) in [6, 6.07) is 9.91. The number of benzene rings is 1. The summed E-state index contributed by atoms with van der Waals surface area (Å²) >= 11 is 0. The molecule has 25 heavy (non-hydrogen) atoms. The normalized spacial score (nSPS) is 26.4. The van der Waals surface area contributed by atoms with Gasteiger partial charge in [0.2, 0.25) is 5.91 Å². The summed E-state index contributed by atoms with van der Waals surface area (Å²) in [5.74, 6) is -0.345. The summed E-state index contributed by atoms with van der Waals surface area (Å²) in [6.07, 6.45) is 0.541. The second-order valence-electron chi connectivity index (χ2n) is 6.96. The van der Waals surface area contributed by atoms with Gasteiger partial charge in [0.15, 0.2) is 0 Å². The molecular formula is C18H24N4O3. The molecule has 0 radical (unpaired) electrons. The van der Waals surface area contributed by atoms with Crippen LogP contribution >= 0.6 is 0 Å². The summed E-state index contributed by atoms with van der Waals surface area (Å²) in [7, 11) is 0. The summed E-state index contributed by atoms with van der Waals surface area (Å²) in [4.78, 5) is 39.8. The molecule has 2 aliphatic rings. The number of nitrogens with one attached hydrogen (secondary N) is 2. The summed E-state index contributed by atoms with van der Waals surface area (Å²) in [5.41, 5.74) is 0.171. The first-order valence-corrected chi connectivity index (χ1v) is 8.62. The van der Waals surface area contributed by atoms with Crippen LogP contribution in [0.4, 0.5) is 10.5 Å². The van der Waals surface area contributed by atoms with E-state index in [2.05, 4.69) is 34.6 Å². The van der Waals surface area contributed by atoms with Crippen LogP contribution in [0.1, 0.15) is 26.7 Å². The van der Waals surface area contributed by atoms with Crippen molar-refractivity contribution in [3.8, 4) is 0 Å². The van der Waals surface area contributed by atoms with E-state index in [0.29, 0.717) is 19.5 Å². The zero-order chi connectivity index (χ0) is 18.0. The third-order valence-electron chi connectivity index (χ3n) is 5.02. The van der Waals surface area contributed by atoms with Crippen molar-refractivity contribution in [3.05, 3.63) is 30.3 Å². The molecule has 134 valence electrons. The maximum absolute atomic E-state index is 12.5. The number of rotatable bonds is 4. The van der Waals surface area contributed by atoms with Gasteiger partial charge in [-0.3, -0.25) is 14.9 Å². The van der Waals surface area contributed by atoms with Crippen molar-refractivity contribution in [3.63, 3.8) is 0 Å². The van der Waals surface area contributed by atoms with Gasteiger partial charge in [0.25, 0.3) is 5.91 Å². The summed E-state index contributed by atoms with van der Waals surface area (Å²) in [5, 5.41) is 4.82. The highest BCUT2D eigenvalue weighted by Crippen LogP contribution is 2.22. The van der Waals surface area contributed by atoms with Gasteiger partial charge in [-0.15, -0.1) is 0 Å². The van der Waals surface area contributed by atoms with Crippen molar-refractivity contribution in [2.45, 2.75) is 38.3 Å². The van der Waals surface area contributed by atoms with Crippen LogP contribution in [0.15, 0.2) is 30.3 Å². The topological polar surface area (TPSA) is 81.8 Å². The molecule has 3 rings (SSSR count). The predicted molar refractivity (Wildman–Crippen MR) is 94.1 cm³/mol. The first-order valence-electron chi connectivity index (χ1n) is 8.62. The Hall–Kier alpha value is -2.57. The molecule has 0 saturated carbocycles. The molecule has 7 heteroatoms. The Labute approximate surface area is 147 Å². The highest BCUT2D eigenvalue weighted by Gasteiger charge is 2.42. The van der Waals surface area contributed by atoms with Gasteiger partial charge in [0.1, 0.15) is 5.54 Å². The lowest BCUT2D eigenvalue weighted by molar-refractivity contribution is -0.132. The van der Waals surface area contributed by atoms with Crippen LogP contribution in [0, 0.1) is 0 Å². The van der Waals surface area contributed by atoms with Gasteiger partial charge in [-0.05, 0) is 32.4 Å². The predicted octanol–water partition coefficient (Wildman–Crippen LogP) is 1.10. The number of hydrogen-bond acceptors (Lipinski definition) is 4. The van der Waals surface area contributed by atoms with Crippen molar-refractivity contribution in [2.75, 3.05) is 24.5 Å². The third-order valence-corrected chi connectivity index (χ3v) is 5.02. The highest BCUT2D eigenvalue weighted by atomic mass is 16.2. The number of amides is 4. The van der Waals surface area contributed by atoms with Crippen LogP contribution in [0.25, 0.3) is 0 Å². The quantitative estimate of drug-likeness (QED) is 0.802. The van der Waals surface area contributed by atoms with E-state index in [1.807, 2.05) is 23.1 Å². The molecule has 2 atom stereocenters. The van der Waals surface area contributed by atoms with Crippen molar-refractivity contribution in [2.24, 2.45) is 0 Å². The van der Waals surface area contributed by atoms with Crippen LogP contribution in [-0.2, 0) is 9.59 Å². The Kier molecular flexibility index (Phi) is 4.65. The Morgan fingerprint density at radius 1 is 1.24 bits per heavy atom. The minimum absolute atomic E-state index is 0.0229. The number of para-hydroxylation sites is 1. The van der Waals surface area contributed by atoms with Gasteiger partial charge >= 0.3 is 6.03 Å². The molecule has 0 aromatic heterocycles. The zero-order valence-electron chi connectivity index (χ0n) is 14.6. The first kappa shape index (κ1) is 17.3. The molecule has 2 fully saturated rings. The van der Waals surface area contributed by atoms with Crippen LogP contribution in [0.3, 0.4) is 0 Å². The number of imide groups is 1. The number of anilines is 1. The molecule has 2 N–H and O–H groups in total. The van der Waals surface area contributed by atoms with Gasteiger partial charge < -0.3 is 15.1 Å². The fourth-order valence-electron chi connectivity index (χ4n) is 3.46. The number of urea groups is 1. The lowest BCUT2D eigenvalue weighted by Crippen LogP contribution is -2.54. The van der Waals surface area contributed by atoms with Crippen molar-refractivity contribution in [1.82, 2.24) is 15.5 Å². The fraction of sp³-hybridized carbons (Fsp3) is 0.500. The number of piperazine rings is 1. The number of carbonyl (C=O) groups is 3. The first-order chi connectivity index (χ1) is 11.9. The van der Waals surface area contributed by atoms with Gasteiger partial charge in [0, 0.05) is 37.8 Å². The Morgan fingerprint density at radius 3 is 2.56 bits per heavy atom. The van der Waals surface area contributed by atoms with E-state index in [9.17, 15) is 14.4 Å². The standard InChI is InChI=1S/C18H24N4O3/c1-13-12-21(10-11-22(13)14-6-4-3-5-7-14)15(23)8-9-18(2)16(24)19-17(25)20-18/h3-7,13H,8-12H2,1-2H3,(H2,19,20,24,25). The molecule has 0 aliphatic carbocycles.